The van der Waals surface area contributed by atoms with Crippen molar-refractivity contribution in [3.05, 3.63) is 53.6 Å². The highest BCUT2D eigenvalue weighted by Gasteiger charge is 2.13. The van der Waals surface area contributed by atoms with Crippen molar-refractivity contribution in [2.24, 2.45) is 0 Å². The molecule has 0 aliphatic rings. The van der Waals surface area contributed by atoms with Crippen molar-refractivity contribution in [3.63, 3.8) is 0 Å². The smallest absolute Gasteiger partial charge is 0.0618 e. The van der Waals surface area contributed by atoms with Crippen LogP contribution in [0, 0.1) is 13.8 Å². The molecule has 0 heterocycles. The van der Waals surface area contributed by atoms with Crippen LogP contribution in [0.4, 0.5) is 17.1 Å². The summed E-state index contributed by atoms with van der Waals surface area (Å²) < 4.78 is 22.5. The summed E-state index contributed by atoms with van der Waals surface area (Å²) in [7, 11) is 0. The van der Waals surface area contributed by atoms with Gasteiger partial charge < -0.3 is 9.45 Å². The molecule has 2 aromatic rings. The first kappa shape index (κ1) is 18.4. The molecule has 6 heteroatoms. The van der Waals surface area contributed by atoms with Gasteiger partial charge in [-0.15, -0.1) is 0 Å². The van der Waals surface area contributed by atoms with E-state index in [0.29, 0.717) is 0 Å². The van der Waals surface area contributed by atoms with E-state index in [1.54, 1.807) is 5.01 Å². The van der Waals surface area contributed by atoms with Crippen molar-refractivity contribution in [2.75, 3.05) is 23.0 Å². The third-order valence-corrected chi connectivity index (χ3v) is 4.34. The summed E-state index contributed by atoms with van der Waals surface area (Å²) in [6, 6.07) is 13.8. The maximum atomic E-state index is 11.2. The van der Waals surface area contributed by atoms with Gasteiger partial charge in [0.1, 0.15) is 0 Å². The molecule has 24 heavy (non-hydrogen) atoms. The number of hydrogen-bond donors (Lipinski definition) is 1. The summed E-state index contributed by atoms with van der Waals surface area (Å²) in [5.74, 6) is 0. The summed E-state index contributed by atoms with van der Waals surface area (Å²) in [5.41, 5.74) is 4.82. The maximum absolute atomic E-state index is 11.2. The first-order valence-electron chi connectivity index (χ1n) is 8.04. The van der Waals surface area contributed by atoms with Crippen molar-refractivity contribution in [3.8, 4) is 0 Å². The Morgan fingerprint density at radius 2 is 1.58 bits per heavy atom. The van der Waals surface area contributed by atoms with E-state index < -0.39 is 11.3 Å². The average molecular weight is 346 g/mol. The molecule has 0 spiro atoms. The lowest BCUT2D eigenvalue weighted by Gasteiger charge is -2.29. The number of aryl methyl sites for hydroxylation is 2. The molecule has 2 rings (SSSR count). The van der Waals surface area contributed by atoms with Crippen LogP contribution in [0.5, 0.6) is 0 Å². The van der Waals surface area contributed by atoms with Crippen LogP contribution in [-0.2, 0) is 11.3 Å². The fraction of sp³-hybridized carbons (Fsp3) is 0.333. The zero-order chi connectivity index (χ0) is 17.7. The monoisotopic (exact) mass is 346 g/mol. The average Bonchev–Trinajstić information content (AvgIpc) is 2.55. The van der Waals surface area contributed by atoms with Gasteiger partial charge in [-0.1, -0.05) is 17.7 Å². The van der Waals surface area contributed by atoms with Gasteiger partial charge in [0, 0.05) is 30.0 Å². The Morgan fingerprint density at radius 1 is 1.00 bits per heavy atom. The van der Waals surface area contributed by atoms with Crippen molar-refractivity contribution >= 4 is 28.3 Å². The van der Waals surface area contributed by atoms with Crippen LogP contribution in [0.15, 0.2) is 42.5 Å². The van der Waals surface area contributed by atoms with Gasteiger partial charge >= 0.3 is 0 Å². The SMILES string of the molecule is CCN(CC)c1ccc(N(NS(=O)[O-])c2ccc(C)cc2)c(C)c1. The predicted octanol–water partition coefficient (Wildman–Crippen LogP) is 3.59. The molecule has 0 radical (unpaired) electrons. The van der Waals surface area contributed by atoms with E-state index in [2.05, 4.69) is 29.6 Å². The number of anilines is 3. The van der Waals surface area contributed by atoms with Crippen molar-refractivity contribution in [2.45, 2.75) is 27.7 Å². The van der Waals surface area contributed by atoms with E-state index in [4.69, 9.17) is 0 Å². The van der Waals surface area contributed by atoms with Crippen LogP contribution >= 0.6 is 0 Å². The van der Waals surface area contributed by atoms with Crippen LogP contribution < -0.4 is 14.7 Å². The Kier molecular flexibility index (Phi) is 6.36. The van der Waals surface area contributed by atoms with Gasteiger partial charge in [-0.05, 0) is 63.6 Å². The Balaban J connectivity index is 2.42. The third-order valence-electron chi connectivity index (χ3n) is 4.01. The predicted molar refractivity (Wildman–Crippen MR) is 100 cm³/mol. The number of hydrogen-bond acceptors (Lipinski definition) is 4. The van der Waals surface area contributed by atoms with Gasteiger partial charge in [0.05, 0.1) is 11.4 Å². The third kappa shape index (κ3) is 4.35. The topological polar surface area (TPSA) is 58.6 Å². The van der Waals surface area contributed by atoms with Gasteiger partial charge in [0.25, 0.3) is 0 Å². The van der Waals surface area contributed by atoms with E-state index >= 15 is 0 Å². The molecule has 1 N–H and O–H groups in total. The molecular formula is C18H24N3O2S-. The number of hydrazine groups is 1. The quantitative estimate of drug-likeness (QED) is 0.615. The minimum Gasteiger partial charge on any atom is -0.759 e. The summed E-state index contributed by atoms with van der Waals surface area (Å²) in [6.07, 6.45) is 0. The Labute approximate surface area is 146 Å². The Hall–Kier alpha value is -1.89. The molecule has 0 bridgehead atoms. The molecule has 1 atom stereocenters. The number of benzene rings is 2. The number of rotatable bonds is 7. The Morgan fingerprint density at radius 3 is 2.08 bits per heavy atom. The number of nitrogens with zero attached hydrogens (tertiary/aromatic N) is 2. The standard InChI is InChI=1S/C18H25N3O2S/c1-5-20(6-2)17-11-12-18(15(4)13-17)21(19-24(22)23)16-9-7-14(3)8-10-16/h7-13,19H,5-6H2,1-4H3,(H,22,23)/p-1. The molecule has 5 nitrogen and oxygen atoms in total. The molecule has 0 saturated carbocycles. The van der Waals surface area contributed by atoms with Crippen LogP contribution in [-0.4, -0.2) is 21.9 Å². The normalized spacial score (nSPS) is 12.0. The van der Waals surface area contributed by atoms with E-state index in [0.717, 1.165) is 41.3 Å². The largest absolute Gasteiger partial charge is 0.759 e. The molecule has 1 unspecified atom stereocenters. The van der Waals surface area contributed by atoms with Crippen molar-refractivity contribution in [1.29, 1.82) is 0 Å². The van der Waals surface area contributed by atoms with Gasteiger partial charge in [-0.2, -0.15) is 4.83 Å². The zero-order valence-electron chi connectivity index (χ0n) is 14.6. The molecule has 2 aromatic carbocycles. The first-order valence-corrected chi connectivity index (χ1v) is 9.11. The molecule has 0 aromatic heterocycles. The van der Waals surface area contributed by atoms with Crippen LogP contribution in [0.3, 0.4) is 0 Å². The lowest BCUT2D eigenvalue weighted by Crippen LogP contribution is -2.35. The van der Waals surface area contributed by atoms with Crippen LogP contribution in [0.2, 0.25) is 0 Å². The van der Waals surface area contributed by atoms with Gasteiger partial charge in [-0.3, -0.25) is 9.22 Å². The van der Waals surface area contributed by atoms with E-state index in [1.165, 1.54) is 0 Å². The summed E-state index contributed by atoms with van der Waals surface area (Å²) >= 11 is -2.41. The van der Waals surface area contributed by atoms with E-state index in [1.807, 2.05) is 50.2 Å². The minimum atomic E-state index is -2.41. The van der Waals surface area contributed by atoms with Crippen LogP contribution in [0.1, 0.15) is 25.0 Å². The highest BCUT2D eigenvalue weighted by Crippen LogP contribution is 2.30. The van der Waals surface area contributed by atoms with Crippen molar-refractivity contribution < 1.29 is 8.76 Å². The second-order valence-electron chi connectivity index (χ2n) is 5.64. The Bertz CT molecular complexity index is 700. The minimum absolute atomic E-state index is 0.767. The van der Waals surface area contributed by atoms with Gasteiger partial charge in [0.2, 0.25) is 0 Å². The lowest BCUT2D eigenvalue weighted by atomic mass is 10.1. The molecule has 130 valence electrons. The number of nitrogens with one attached hydrogen (secondary N) is 1. The highest BCUT2D eigenvalue weighted by molar-refractivity contribution is 7.77. The fourth-order valence-corrected chi connectivity index (χ4v) is 3.04. The summed E-state index contributed by atoms with van der Waals surface area (Å²) in [4.78, 5) is 4.74. The van der Waals surface area contributed by atoms with Gasteiger partial charge in [0.15, 0.2) is 0 Å². The maximum Gasteiger partial charge on any atom is 0.0618 e. The first-order chi connectivity index (χ1) is 11.5. The van der Waals surface area contributed by atoms with E-state index in [9.17, 15) is 8.76 Å². The summed E-state index contributed by atoms with van der Waals surface area (Å²) in [5, 5.41) is 1.59. The van der Waals surface area contributed by atoms with Crippen molar-refractivity contribution in [1.82, 2.24) is 4.83 Å². The fourth-order valence-electron chi connectivity index (χ4n) is 2.69. The second-order valence-corrected chi connectivity index (χ2v) is 6.29. The summed E-state index contributed by atoms with van der Waals surface area (Å²) in [6.45, 7) is 10.1. The van der Waals surface area contributed by atoms with Crippen LogP contribution in [0.25, 0.3) is 0 Å². The molecule has 0 amide bonds. The molecule has 0 aliphatic carbocycles. The highest BCUT2D eigenvalue weighted by atomic mass is 32.2. The lowest BCUT2D eigenvalue weighted by molar-refractivity contribution is 0.523. The zero-order valence-corrected chi connectivity index (χ0v) is 15.4. The van der Waals surface area contributed by atoms with Gasteiger partial charge in [-0.25, -0.2) is 0 Å². The molecule has 0 fully saturated rings. The molecular weight excluding hydrogens is 322 g/mol. The second kappa shape index (κ2) is 8.28. The van der Waals surface area contributed by atoms with E-state index in [-0.39, 0.29) is 0 Å². The molecule has 0 aliphatic heterocycles. The molecule has 0 saturated heterocycles.